The van der Waals surface area contributed by atoms with Crippen LogP contribution in [0.1, 0.15) is 65.2 Å². The fourth-order valence-electron chi connectivity index (χ4n) is 3.75. The van der Waals surface area contributed by atoms with Crippen molar-refractivity contribution in [2.24, 2.45) is 5.41 Å². The Bertz CT molecular complexity index is 711. The first-order valence-electron chi connectivity index (χ1n) is 11.8. The Hall–Kier alpha value is -2.00. The summed E-state index contributed by atoms with van der Waals surface area (Å²) in [4.78, 5) is 0. The Labute approximate surface area is 182 Å². The number of ether oxygens (including phenoxy) is 3. The fraction of sp³-hybridized carbons (Fsp3) is 0.556. The van der Waals surface area contributed by atoms with E-state index in [1.54, 1.807) is 0 Å². The molecule has 0 spiro atoms. The van der Waals surface area contributed by atoms with Gasteiger partial charge in [0.1, 0.15) is 11.5 Å². The average Bonchev–Trinajstić information content (AvgIpc) is 2.76. The summed E-state index contributed by atoms with van der Waals surface area (Å²) >= 11 is 0. The minimum absolute atomic E-state index is 0.212. The molecule has 0 atom stereocenters. The summed E-state index contributed by atoms with van der Waals surface area (Å²) in [7, 11) is 0. The van der Waals surface area contributed by atoms with E-state index in [-0.39, 0.29) is 5.41 Å². The number of rotatable bonds is 14. The molecule has 1 saturated heterocycles. The monoisotopic (exact) mass is 410 g/mol. The molecule has 3 heteroatoms. The van der Waals surface area contributed by atoms with Gasteiger partial charge in [-0.15, -0.1) is 0 Å². The van der Waals surface area contributed by atoms with Crippen LogP contribution in [0.2, 0.25) is 0 Å². The standard InChI is InChI=1S/C27H38O3/c1-3-5-6-7-8-9-10-19-29-25-15-11-23(12-16-25)24-13-17-26(18-14-24)30-22-27(4-2)20-28-21-27/h11-18H,3-10,19-22H2,1-2H3. The zero-order chi connectivity index (χ0) is 21.1. The van der Waals surface area contributed by atoms with E-state index in [1.807, 2.05) is 0 Å². The van der Waals surface area contributed by atoms with E-state index in [1.165, 1.54) is 49.7 Å². The summed E-state index contributed by atoms with van der Waals surface area (Å²) in [5.41, 5.74) is 2.60. The van der Waals surface area contributed by atoms with Gasteiger partial charge in [-0.05, 0) is 48.2 Å². The molecule has 1 aliphatic rings. The van der Waals surface area contributed by atoms with Crippen molar-refractivity contribution in [2.75, 3.05) is 26.4 Å². The Morgan fingerprint density at radius 1 is 0.700 bits per heavy atom. The molecular formula is C27H38O3. The second-order valence-electron chi connectivity index (χ2n) is 8.65. The van der Waals surface area contributed by atoms with Crippen molar-refractivity contribution in [3.63, 3.8) is 0 Å². The smallest absolute Gasteiger partial charge is 0.119 e. The SMILES string of the molecule is CCCCCCCCCOc1ccc(-c2ccc(OCC3(CC)COC3)cc2)cc1. The van der Waals surface area contributed by atoms with Gasteiger partial charge >= 0.3 is 0 Å². The minimum atomic E-state index is 0.212. The molecule has 1 fully saturated rings. The summed E-state index contributed by atoms with van der Waals surface area (Å²) in [6.07, 6.45) is 10.2. The molecule has 3 nitrogen and oxygen atoms in total. The highest BCUT2D eigenvalue weighted by atomic mass is 16.5. The Morgan fingerprint density at radius 2 is 1.23 bits per heavy atom. The van der Waals surface area contributed by atoms with Gasteiger partial charge in [0.2, 0.25) is 0 Å². The third-order valence-electron chi connectivity index (χ3n) is 6.17. The molecule has 0 unspecified atom stereocenters. The van der Waals surface area contributed by atoms with Gasteiger partial charge in [-0.1, -0.05) is 76.6 Å². The van der Waals surface area contributed by atoms with Gasteiger partial charge in [0.05, 0.1) is 31.8 Å². The van der Waals surface area contributed by atoms with Gasteiger partial charge < -0.3 is 14.2 Å². The summed E-state index contributed by atoms with van der Waals surface area (Å²) in [6.45, 7) is 7.63. The lowest BCUT2D eigenvalue weighted by molar-refractivity contribution is -0.133. The molecule has 0 radical (unpaired) electrons. The lowest BCUT2D eigenvalue weighted by Gasteiger charge is -2.40. The van der Waals surface area contributed by atoms with Crippen LogP contribution in [0.15, 0.2) is 48.5 Å². The minimum Gasteiger partial charge on any atom is -0.494 e. The number of hydrogen-bond acceptors (Lipinski definition) is 3. The quantitative estimate of drug-likeness (QED) is 0.306. The summed E-state index contributed by atoms with van der Waals surface area (Å²) in [5, 5.41) is 0. The van der Waals surface area contributed by atoms with Gasteiger partial charge in [0, 0.05) is 0 Å². The zero-order valence-corrected chi connectivity index (χ0v) is 18.8. The highest BCUT2D eigenvalue weighted by molar-refractivity contribution is 5.64. The van der Waals surface area contributed by atoms with Crippen molar-refractivity contribution in [1.82, 2.24) is 0 Å². The zero-order valence-electron chi connectivity index (χ0n) is 18.8. The Morgan fingerprint density at radius 3 is 1.73 bits per heavy atom. The molecule has 2 aromatic rings. The van der Waals surface area contributed by atoms with Crippen LogP contribution in [-0.4, -0.2) is 26.4 Å². The van der Waals surface area contributed by atoms with Crippen LogP contribution in [0, 0.1) is 5.41 Å². The van der Waals surface area contributed by atoms with E-state index in [4.69, 9.17) is 14.2 Å². The molecule has 1 aliphatic heterocycles. The van der Waals surface area contributed by atoms with Crippen LogP contribution in [0.3, 0.4) is 0 Å². The predicted molar refractivity (Wildman–Crippen MR) is 124 cm³/mol. The maximum atomic E-state index is 6.01. The van der Waals surface area contributed by atoms with Gasteiger partial charge in [-0.3, -0.25) is 0 Å². The van der Waals surface area contributed by atoms with Gasteiger partial charge in [-0.25, -0.2) is 0 Å². The fourth-order valence-corrected chi connectivity index (χ4v) is 3.75. The van der Waals surface area contributed by atoms with Gasteiger partial charge in [-0.2, -0.15) is 0 Å². The molecule has 0 amide bonds. The molecule has 3 rings (SSSR count). The lowest BCUT2D eigenvalue weighted by atomic mass is 9.84. The van der Waals surface area contributed by atoms with E-state index in [0.29, 0.717) is 0 Å². The molecule has 0 aromatic heterocycles. The molecule has 0 aliphatic carbocycles. The van der Waals surface area contributed by atoms with Crippen LogP contribution in [0.5, 0.6) is 11.5 Å². The summed E-state index contributed by atoms with van der Waals surface area (Å²) < 4.78 is 17.3. The average molecular weight is 411 g/mol. The lowest BCUT2D eigenvalue weighted by Crippen LogP contribution is -2.46. The van der Waals surface area contributed by atoms with Crippen LogP contribution in [-0.2, 0) is 4.74 Å². The predicted octanol–water partition coefficient (Wildman–Crippen LogP) is 7.29. The van der Waals surface area contributed by atoms with E-state index in [9.17, 15) is 0 Å². The first kappa shape index (κ1) is 22.7. The van der Waals surface area contributed by atoms with Gasteiger partial charge in [0.25, 0.3) is 0 Å². The summed E-state index contributed by atoms with van der Waals surface area (Å²) in [5.74, 6) is 1.88. The molecule has 30 heavy (non-hydrogen) atoms. The maximum Gasteiger partial charge on any atom is 0.119 e. The van der Waals surface area contributed by atoms with Gasteiger partial charge in [0.15, 0.2) is 0 Å². The third kappa shape index (κ3) is 6.77. The molecule has 164 valence electrons. The largest absolute Gasteiger partial charge is 0.494 e. The number of unbranched alkanes of at least 4 members (excludes halogenated alkanes) is 6. The molecule has 2 aromatic carbocycles. The van der Waals surface area contributed by atoms with Crippen molar-refractivity contribution in [3.05, 3.63) is 48.5 Å². The van der Waals surface area contributed by atoms with Crippen molar-refractivity contribution in [1.29, 1.82) is 0 Å². The van der Waals surface area contributed by atoms with E-state index < -0.39 is 0 Å². The number of benzene rings is 2. The highest BCUT2D eigenvalue weighted by Gasteiger charge is 2.37. The van der Waals surface area contributed by atoms with E-state index in [0.717, 1.165) is 50.8 Å². The van der Waals surface area contributed by atoms with Crippen molar-refractivity contribution < 1.29 is 14.2 Å². The first-order valence-corrected chi connectivity index (χ1v) is 11.8. The second kappa shape index (κ2) is 12.0. The number of hydrogen-bond donors (Lipinski definition) is 0. The maximum absolute atomic E-state index is 6.01. The van der Waals surface area contributed by atoms with Crippen LogP contribution >= 0.6 is 0 Å². The first-order chi connectivity index (χ1) is 14.7. The van der Waals surface area contributed by atoms with E-state index in [2.05, 4.69) is 62.4 Å². The van der Waals surface area contributed by atoms with Crippen molar-refractivity contribution >= 4 is 0 Å². The Balaban J connectivity index is 1.39. The third-order valence-corrected chi connectivity index (χ3v) is 6.17. The summed E-state index contributed by atoms with van der Waals surface area (Å²) in [6, 6.07) is 16.8. The highest BCUT2D eigenvalue weighted by Crippen LogP contribution is 2.32. The normalized spacial score (nSPS) is 14.9. The molecule has 0 saturated carbocycles. The second-order valence-corrected chi connectivity index (χ2v) is 8.65. The van der Waals surface area contributed by atoms with Crippen molar-refractivity contribution in [2.45, 2.75) is 65.2 Å². The molecule has 0 N–H and O–H groups in total. The van der Waals surface area contributed by atoms with Crippen LogP contribution in [0.25, 0.3) is 11.1 Å². The topological polar surface area (TPSA) is 27.7 Å². The molecule has 1 heterocycles. The Kier molecular flexibility index (Phi) is 9.07. The van der Waals surface area contributed by atoms with Crippen molar-refractivity contribution in [3.8, 4) is 22.6 Å². The van der Waals surface area contributed by atoms with E-state index >= 15 is 0 Å². The molecule has 0 bridgehead atoms. The van der Waals surface area contributed by atoms with Crippen LogP contribution in [0.4, 0.5) is 0 Å². The van der Waals surface area contributed by atoms with Crippen LogP contribution < -0.4 is 9.47 Å². The molecular weight excluding hydrogens is 372 g/mol.